The van der Waals surface area contributed by atoms with Crippen molar-refractivity contribution < 1.29 is 14.6 Å². The fraction of sp³-hybridized carbons (Fsp3) is 0.857. The van der Waals surface area contributed by atoms with Crippen LogP contribution in [0.15, 0.2) is 0 Å². The Kier molecular flexibility index (Phi) is 2.78. The van der Waals surface area contributed by atoms with Crippen LogP contribution >= 0.6 is 11.8 Å². The van der Waals surface area contributed by atoms with E-state index in [9.17, 15) is 4.79 Å². The van der Waals surface area contributed by atoms with Crippen LogP contribution in [-0.4, -0.2) is 28.4 Å². The van der Waals surface area contributed by atoms with E-state index in [-0.39, 0.29) is 6.42 Å². The summed E-state index contributed by atoms with van der Waals surface area (Å²) in [5, 5.41) is 8.58. The van der Waals surface area contributed by atoms with Crippen LogP contribution < -0.4 is 0 Å². The molecule has 0 spiro atoms. The van der Waals surface area contributed by atoms with Gasteiger partial charge in [-0.1, -0.05) is 6.92 Å². The van der Waals surface area contributed by atoms with Gasteiger partial charge in [-0.3, -0.25) is 4.79 Å². The fourth-order valence-corrected chi connectivity index (χ4v) is 2.29. The lowest BCUT2D eigenvalue weighted by atomic mass is 10.2. The molecule has 0 radical (unpaired) electrons. The van der Waals surface area contributed by atoms with Crippen molar-refractivity contribution in [1.82, 2.24) is 0 Å². The molecular weight excluding hydrogens is 164 g/mol. The lowest BCUT2D eigenvalue weighted by Gasteiger charge is -2.23. The molecular formula is C7H12O3S. The number of carboxylic acids is 1. The third kappa shape index (κ3) is 2.10. The van der Waals surface area contributed by atoms with Crippen LogP contribution in [0.4, 0.5) is 0 Å². The van der Waals surface area contributed by atoms with E-state index in [4.69, 9.17) is 9.84 Å². The maximum atomic E-state index is 10.4. The van der Waals surface area contributed by atoms with Crippen LogP contribution in [0.1, 0.15) is 19.8 Å². The van der Waals surface area contributed by atoms with E-state index >= 15 is 0 Å². The zero-order chi connectivity index (χ0) is 8.32. The van der Waals surface area contributed by atoms with E-state index < -0.39 is 10.9 Å². The number of carbonyl (C=O) groups is 1. The molecule has 3 nitrogen and oxygen atoms in total. The molecule has 4 heteroatoms. The first-order valence-corrected chi connectivity index (χ1v) is 4.67. The summed E-state index contributed by atoms with van der Waals surface area (Å²) < 4.78 is 5.38. The van der Waals surface area contributed by atoms with Gasteiger partial charge in [0, 0.05) is 5.75 Å². The molecule has 0 saturated carbocycles. The lowest BCUT2D eigenvalue weighted by Crippen LogP contribution is -2.26. The molecule has 0 aliphatic carbocycles. The van der Waals surface area contributed by atoms with Crippen molar-refractivity contribution in [2.24, 2.45) is 0 Å². The van der Waals surface area contributed by atoms with Crippen molar-refractivity contribution in [3.8, 4) is 0 Å². The summed E-state index contributed by atoms with van der Waals surface area (Å²) in [6, 6.07) is 0. The van der Waals surface area contributed by atoms with Gasteiger partial charge in [-0.2, -0.15) is 0 Å². The molecule has 0 bridgehead atoms. The second kappa shape index (κ2) is 3.45. The first-order valence-electron chi connectivity index (χ1n) is 3.68. The highest BCUT2D eigenvalue weighted by atomic mass is 32.2. The maximum absolute atomic E-state index is 10.4. The minimum atomic E-state index is -0.777. The highest BCUT2D eigenvalue weighted by Gasteiger charge is 2.36. The standard InChI is InChI=1S/C7H12O3S/c1-2-7(5-6(8)9)10-3-4-11-7/h2-5H2,1H3,(H,8,9). The smallest absolute Gasteiger partial charge is 0.307 e. The first kappa shape index (κ1) is 8.87. The summed E-state index contributed by atoms with van der Waals surface area (Å²) in [6.45, 7) is 2.65. The average Bonchev–Trinajstić information content (AvgIpc) is 2.36. The van der Waals surface area contributed by atoms with E-state index in [2.05, 4.69) is 0 Å². The van der Waals surface area contributed by atoms with Crippen molar-refractivity contribution in [2.45, 2.75) is 24.7 Å². The predicted octanol–water partition coefficient (Wildman–Crippen LogP) is 1.33. The highest BCUT2D eigenvalue weighted by Crippen LogP contribution is 2.38. The minimum Gasteiger partial charge on any atom is -0.481 e. The number of ether oxygens (including phenoxy) is 1. The number of rotatable bonds is 3. The molecule has 11 heavy (non-hydrogen) atoms. The molecule has 0 aromatic carbocycles. The lowest BCUT2D eigenvalue weighted by molar-refractivity contribution is -0.140. The third-order valence-corrected chi connectivity index (χ3v) is 3.22. The second-order valence-corrected chi connectivity index (χ2v) is 3.97. The Hall–Kier alpha value is -0.220. The van der Waals surface area contributed by atoms with E-state index in [0.29, 0.717) is 6.61 Å². The molecule has 1 N–H and O–H groups in total. The molecule has 64 valence electrons. The van der Waals surface area contributed by atoms with Crippen molar-refractivity contribution in [1.29, 1.82) is 0 Å². The summed E-state index contributed by atoms with van der Waals surface area (Å²) >= 11 is 1.62. The van der Waals surface area contributed by atoms with Gasteiger partial charge >= 0.3 is 5.97 Å². The summed E-state index contributed by atoms with van der Waals surface area (Å²) in [5.41, 5.74) is 0. The number of thioether (sulfide) groups is 1. The van der Waals surface area contributed by atoms with Gasteiger partial charge in [-0.25, -0.2) is 0 Å². The van der Waals surface area contributed by atoms with E-state index in [1.165, 1.54) is 0 Å². The minimum absolute atomic E-state index is 0.119. The van der Waals surface area contributed by atoms with Crippen LogP contribution in [0.5, 0.6) is 0 Å². The fourth-order valence-electron chi connectivity index (χ4n) is 1.16. The Balaban J connectivity index is 2.52. The van der Waals surface area contributed by atoms with E-state index in [0.717, 1.165) is 12.2 Å². The molecule has 1 fully saturated rings. The molecule has 1 heterocycles. The maximum Gasteiger partial charge on any atom is 0.307 e. The second-order valence-electron chi connectivity index (χ2n) is 2.53. The van der Waals surface area contributed by atoms with Gasteiger partial charge < -0.3 is 9.84 Å². The highest BCUT2D eigenvalue weighted by molar-refractivity contribution is 8.00. The number of hydrogen-bond acceptors (Lipinski definition) is 3. The SMILES string of the molecule is CCC1(CC(=O)O)OCCS1. The van der Waals surface area contributed by atoms with Gasteiger partial charge in [0.1, 0.15) is 4.93 Å². The Labute approximate surface area is 70.1 Å². The Morgan fingerprint density at radius 3 is 2.91 bits per heavy atom. The third-order valence-electron chi connectivity index (χ3n) is 1.77. The molecule has 1 aliphatic rings. The molecule has 1 unspecified atom stereocenters. The monoisotopic (exact) mass is 176 g/mol. The van der Waals surface area contributed by atoms with Gasteiger partial charge in [0.15, 0.2) is 0 Å². The molecule has 1 aliphatic heterocycles. The summed E-state index contributed by atoms with van der Waals surface area (Å²) in [5.74, 6) is 0.141. The van der Waals surface area contributed by atoms with E-state index in [1.54, 1.807) is 11.8 Å². The number of carboxylic acid groups (broad SMARTS) is 1. The summed E-state index contributed by atoms with van der Waals surface area (Å²) in [4.78, 5) is 10.0. The van der Waals surface area contributed by atoms with Gasteiger partial charge in [-0.15, -0.1) is 11.8 Å². The van der Waals surface area contributed by atoms with Crippen LogP contribution in [0.2, 0.25) is 0 Å². The molecule has 0 amide bonds. The first-order chi connectivity index (χ1) is 5.18. The van der Waals surface area contributed by atoms with Crippen LogP contribution in [-0.2, 0) is 9.53 Å². The molecule has 1 rings (SSSR count). The quantitative estimate of drug-likeness (QED) is 0.704. The van der Waals surface area contributed by atoms with Crippen LogP contribution in [0.25, 0.3) is 0 Å². The normalized spacial score (nSPS) is 30.6. The van der Waals surface area contributed by atoms with Crippen LogP contribution in [0.3, 0.4) is 0 Å². The van der Waals surface area contributed by atoms with Crippen molar-refractivity contribution in [3.63, 3.8) is 0 Å². The van der Waals surface area contributed by atoms with Gasteiger partial charge in [0.05, 0.1) is 13.0 Å². The van der Waals surface area contributed by atoms with Crippen molar-refractivity contribution in [2.75, 3.05) is 12.4 Å². The molecule has 1 saturated heterocycles. The zero-order valence-electron chi connectivity index (χ0n) is 6.50. The predicted molar refractivity (Wildman–Crippen MR) is 43.7 cm³/mol. The van der Waals surface area contributed by atoms with Crippen molar-refractivity contribution >= 4 is 17.7 Å². The average molecular weight is 176 g/mol. The van der Waals surface area contributed by atoms with Gasteiger partial charge in [0.2, 0.25) is 0 Å². The summed E-state index contributed by atoms with van der Waals surface area (Å²) in [6.07, 6.45) is 0.887. The Morgan fingerprint density at radius 1 is 1.82 bits per heavy atom. The van der Waals surface area contributed by atoms with E-state index in [1.807, 2.05) is 6.92 Å². The topological polar surface area (TPSA) is 46.5 Å². The molecule has 1 atom stereocenters. The summed E-state index contributed by atoms with van der Waals surface area (Å²) in [7, 11) is 0. The number of aliphatic carboxylic acids is 1. The molecule has 0 aromatic heterocycles. The van der Waals surface area contributed by atoms with Crippen LogP contribution in [0, 0.1) is 0 Å². The number of hydrogen-bond donors (Lipinski definition) is 1. The largest absolute Gasteiger partial charge is 0.481 e. The zero-order valence-corrected chi connectivity index (χ0v) is 7.32. The van der Waals surface area contributed by atoms with Crippen molar-refractivity contribution in [3.05, 3.63) is 0 Å². The molecule has 0 aromatic rings. The Morgan fingerprint density at radius 2 is 2.55 bits per heavy atom. The van der Waals surface area contributed by atoms with Gasteiger partial charge in [0.25, 0.3) is 0 Å². The Bertz CT molecular complexity index is 152. The van der Waals surface area contributed by atoms with Gasteiger partial charge in [-0.05, 0) is 6.42 Å².